The lowest BCUT2D eigenvalue weighted by Gasteiger charge is -2.12. The Morgan fingerprint density at radius 2 is 2.31 bits per heavy atom. The molecule has 0 bridgehead atoms. The molecule has 0 spiro atoms. The molecule has 2 heterocycles. The molecule has 0 amide bonds. The monoisotopic (exact) mass is 243 g/mol. The molecule has 1 saturated heterocycles. The van der Waals surface area contributed by atoms with Crippen molar-refractivity contribution < 1.29 is 8.42 Å². The first-order valence-corrected chi connectivity index (χ1v) is 7.22. The van der Waals surface area contributed by atoms with Gasteiger partial charge in [-0.05, 0) is 24.3 Å². The predicted molar refractivity (Wildman–Crippen MR) is 61.4 cm³/mol. The van der Waals surface area contributed by atoms with Crippen molar-refractivity contribution in [3.8, 4) is 0 Å². The first-order valence-electron chi connectivity index (χ1n) is 5.38. The zero-order valence-corrected chi connectivity index (χ0v) is 10.4. The highest BCUT2D eigenvalue weighted by Gasteiger charge is 2.28. The van der Waals surface area contributed by atoms with E-state index in [0.29, 0.717) is 19.0 Å². The Kier molecular flexibility index (Phi) is 3.03. The van der Waals surface area contributed by atoms with Crippen LogP contribution in [-0.4, -0.2) is 41.8 Å². The lowest BCUT2D eigenvalue weighted by molar-refractivity contribution is 0.460. The molecule has 0 aliphatic carbocycles. The zero-order chi connectivity index (χ0) is 11.8. The minimum Gasteiger partial charge on any atom is -0.276 e. The van der Waals surface area contributed by atoms with Crippen molar-refractivity contribution in [3.63, 3.8) is 0 Å². The van der Waals surface area contributed by atoms with Gasteiger partial charge in [0.15, 0.2) is 0 Å². The van der Waals surface area contributed by atoms with Crippen molar-refractivity contribution in [2.24, 2.45) is 13.0 Å². The van der Waals surface area contributed by atoms with Gasteiger partial charge in [0.25, 0.3) is 0 Å². The molecule has 0 saturated carbocycles. The number of aromatic nitrogens is 2. The summed E-state index contributed by atoms with van der Waals surface area (Å²) in [5.74, 6) is 0.430. The summed E-state index contributed by atoms with van der Waals surface area (Å²) in [6.45, 7) is 1.30. The van der Waals surface area contributed by atoms with Crippen molar-refractivity contribution in [2.45, 2.75) is 12.8 Å². The Bertz CT molecular complexity index is 466. The molecule has 1 aliphatic rings. The maximum atomic E-state index is 11.3. The van der Waals surface area contributed by atoms with Crippen LogP contribution in [0.3, 0.4) is 0 Å². The molecule has 2 rings (SSSR count). The summed E-state index contributed by atoms with van der Waals surface area (Å²) in [5, 5.41) is 4.11. The highest BCUT2D eigenvalue weighted by molar-refractivity contribution is 7.88. The smallest absolute Gasteiger partial charge is 0.211 e. The Labute approximate surface area is 96.1 Å². The van der Waals surface area contributed by atoms with Crippen LogP contribution in [0.25, 0.3) is 0 Å². The van der Waals surface area contributed by atoms with Gasteiger partial charge in [0.2, 0.25) is 10.0 Å². The lowest BCUT2D eigenvalue weighted by Crippen LogP contribution is -2.27. The normalized spacial score (nSPS) is 22.8. The average Bonchev–Trinajstić information content (AvgIpc) is 2.74. The van der Waals surface area contributed by atoms with Crippen LogP contribution in [-0.2, 0) is 23.5 Å². The van der Waals surface area contributed by atoms with E-state index >= 15 is 0 Å². The Balaban J connectivity index is 1.95. The first-order chi connectivity index (χ1) is 7.45. The largest absolute Gasteiger partial charge is 0.276 e. The fourth-order valence-corrected chi connectivity index (χ4v) is 3.09. The van der Waals surface area contributed by atoms with E-state index in [1.165, 1.54) is 11.8 Å². The lowest BCUT2D eigenvalue weighted by atomic mass is 10.0. The molecule has 0 aromatic carbocycles. The molecule has 0 N–H and O–H groups in total. The Morgan fingerprint density at radius 3 is 2.81 bits per heavy atom. The average molecular weight is 243 g/mol. The highest BCUT2D eigenvalue weighted by Crippen LogP contribution is 2.22. The van der Waals surface area contributed by atoms with Crippen LogP contribution in [0.1, 0.15) is 12.0 Å². The third-order valence-corrected chi connectivity index (χ3v) is 4.27. The third kappa shape index (κ3) is 2.62. The molecule has 1 atom stereocenters. The third-order valence-electron chi connectivity index (χ3n) is 3.00. The van der Waals surface area contributed by atoms with Crippen molar-refractivity contribution >= 4 is 10.0 Å². The van der Waals surface area contributed by atoms with Gasteiger partial charge in [-0.25, -0.2) is 12.7 Å². The summed E-state index contributed by atoms with van der Waals surface area (Å²) >= 11 is 0. The predicted octanol–water partition coefficient (Wildman–Crippen LogP) is 0.244. The van der Waals surface area contributed by atoms with Crippen molar-refractivity contribution in [2.75, 3.05) is 19.3 Å². The number of sulfonamides is 1. The van der Waals surface area contributed by atoms with Gasteiger partial charge < -0.3 is 0 Å². The molecule has 1 unspecified atom stereocenters. The van der Waals surface area contributed by atoms with Crippen LogP contribution >= 0.6 is 0 Å². The number of nitrogens with zero attached hydrogens (tertiary/aromatic N) is 3. The fraction of sp³-hybridized carbons (Fsp3) is 0.700. The molecule has 1 fully saturated rings. The van der Waals surface area contributed by atoms with Gasteiger partial charge in [0.1, 0.15) is 0 Å². The molecule has 5 nitrogen and oxygen atoms in total. The molecular formula is C10H17N3O2S. The van der Waals surface area contributed by atoms with Crippen LogP contribution in [0, 0.1) is 5.92 Å². The summed E-state index contributed by atoms with van der Waals surface area (Å²) in [4.78, 5) is 0. The van der Waals surface area contributed by atoms with Gasteiger partial charge in [0.05, 0.1) is 12.5 Å². The van der Waals surface area contributed by atoms with Gasteiger partial charge in [-0.1, -0.05) is 0 Å². The van der Waals surface area contributed by atoms with E-state index in [0.717, 1.165) is 12.8 Å². The van der Waals surface area contributed by atoms with E-state index in [4.69, 9.17) is 0 Å². The minimum absolute atomic E-state index is 0.430. The van der Waals surface area contributed by atoms with Crippen LogP contribution in [0.4, 0.5) is 0 Å². The number of aryl methyl sites for hydroxylation is 1. The fourth-order valence-electron chi connectivity index (χ4n) is 2.18. The second kappa shape index (κ2) is 4.18. The van der Waals surface area contributed by atoms with Gasteiger partial charge in [0, 0.05) is 26.3 Å². The van der Waals surface area contributed by atoms with Gasteiger partial charge in [-0.3, -0.25) is 4.68 Å². The Morgan fingerprint density at radius 1 is 1.56 bits per heavy atom. The molecule has 1 aliphatic heterocycles. The molecular weight excluding hydrogens is 226 g/mol. The Hall–Kier alpha value is -0.880. The summed E-state index contributed by atoms with van der Waals surface area (Å²) < 4.78 is 26.0. The number of hydrogen-bond donors (Lipinski definition) is 0. The SMILES string of the molecule is Cn1cc(CC2CCN(S(C)(=O)=O)C2)cn1. The quantitative estimate of drug-likeness (QED) is 0.764. The van der Waals surface area contributed by atoms with Gasteiger partial charge >= 0.3 is 0 Å². The number of hydrogen-bond acceptors (Lipinski definition) is 3. The molecule has 0 radical (unpaired) electrons. The second-order valence-electron chi connectivity index (χ2n) is 4.50. The zero-order valence-electron chi connectivity index (χ0n) is 9.63. The first kappa shape index (κ1) is 11.6. The summed E-state index contributed by atoms with van der Waals surface area (Å²) in [7, 11) is -1.12. The van der Waals surface area contributed by atoms with E-state index in [9.17, 15) is 8.42 Å². The highest BCUT2D eigenvalue weighted by atomic mass is 32.2. The summed E-state index contributed by atoms with van der Waals surface area (Å²) in [6, 6.07) is 0. The van der Waals surface area contributed by atoms with E-state index < -0.39 is 10.0 Å². The standard InChI is InChI=1S/C10H17N3O2S/c1-12-7-10(6-11-12)5-9-3-4-13(8-9)16(2,14)15/h6-7,9H,3-5,8H2,1-2H3. The molecule has 16 heavy (non-hydrogen) atoms. The topological polar surface area (TPSA) is 55.2 Å². The summed E-state index contributed by atoms with van der Waals surface area (Å²) in [5.41, 5.74) is 1.18. The van der Waals surface area contributed by atoms with E-state index in [2.05, 4.69) is 5.10 Å². The van der Waals surface area contributed by atoms with E-state index in [1.807, 2.05) is 19.4 Å². The van der Waals surface area contributed by atoms with Crippen LogP contribution in [0.2, 0.25) is 0 Å². The minimum atomic E-state index is -3.01. The van der Waals surface area contributed by atoms with E-state index in [-0.39, 0.29) is 0 Å². The second-order valence-corrected chi connectivity index (χ2v) is 6.48. The van der Waals surface area contributed by atoms with Crippen molar-refractivity contribution in [1.29, 1.82) is 0 Å². The molecule has 90 valence electrons. The van der Waals surface area contributed by atoms with Gasteiger partial charge in [-0.15, -0.1) is 0 Å². The molecule has 6 heteroatoms. The van der Waals surface area contributed by atoms with Gasteiger partial charge in [-0.2, -0.15) is 5.10 Å². The van der Waals surface area contributed by atoms with Crippen molar-refractivity contribution in [3.05, 3.63) is 18.0 Å². The maximum Gasteiger partial charge on any atom is 0.211 e. The van der Waals surface area contributed by atoms with E-state index in [1.54, 1.807) is 8.99 Å². The molecule has 1 aromatic rings. The summed E-state index contributed by atoms with van der Waals surface area (Å²) in [6.07, 6.45) is 6.98. The molecule has 1 aromatic heterocycles. The van der Waals surface area contributed by atoms with Crippen LogP contribution < -0.4 is 0 Å². The van der Waals surface area contributed by atoms with Crippen LogP contribution in [0.5, 0.6) is 0 Å². The maximum absolute atomic E-state index is 11.3. The van der Waals surface area contributed by atoms with Crippen molar-refractivity contribution in [1.82, 2.24) is 14.1 Å². The van der Waals surface area contributed by atoms with Crippen LogP contribution in [0.15, 0.2) is 12.4 Å². The number of rotatable bonds is 3.